The summed E-state index contributed by atoms with van der Waals surface area (Å²) in [5, 5.41) is 11.9. The van der Waals surface area contributed by atoms with Crippen molar-refractivity contribution in [1.82, 2.24) is 5.32 Å². The molecule has 0 aliphatic carbocycles. The van der Waals surface area contributed by atoms with Gasteiger partial charge in [-0.3, -0.25) is 0 Å². The first-order valence-electron chi connectivity index (χ1n) is 7.20. The Morgan fingerprint density at radius 2 is 1.95 bits per heavy atom. The van der Waals surface area contributed by atoms with Crippen LogP contribution < -0.4 is 14.8 Å². The predicted octanol–water partition coefficient (Wildman–Crippen LogP) is 2.35. The summed E-state index contributed by atoms with van der Waals surface area (Å²) in [6, 6.07) is 4.01. The van der Waals surface area contributed by atoms with Gasteiger partial charge in [-0.1, -0.05) is 6.92 Å². The van der Waals surface area contributed by atoms with Gasteiger partial charge in [-0.2, -0.15) is 0 Å². The van der Waals surface area contributed by atoms with Gasteiger partial charge in [0.2, 0.25) is 0 Å². The normalized spacial score (nSPS) is 10.7. The van der Waals surface area contributed by atoms with Crippen LogP contribution >= 0.6 is 15.9 Å². The maximum atomic E-state index is 8.64. The predicted molar refractivity (Wildman–Crippen MR) is 86.1 cm³/mol. The number of benzene rings is 1. The number of ether oxygens (including phenoxy) is 3. The van der Waals surface area contributed by atoms with E-state index >= 15 is 0 Å². The van der Waals surface area contributed by atoms with Crippen LogP contribution in [-0.4, -0.2) is 44.7 Å². The van der Waals surface area contributed by atoms with Crippen molar-refractivity contribution in [2.45, 2.75) is 20.4 Å². The van der Waals surface area contributed by atoms with E-state index in [1.807, 2.05) is 19.1 Å². The van der Waals surface area contributed by atoms with E-state index in [9.17, 15) is 0 Å². The molecule has 1 rings (SSSR count). The molecule has 0 aromatic heterocycles. The van der Waals surface area contributed by atoms with Crippen molar-refractivity contribution >= 4 is 15.9 Å². The first-order chi connectivity index (χ1) is 10.2. The van der Waals surface area contributed by atoms with Crippen LogP contribution in [0, 0.1) is 0 Å². The third-order valence-corrected chi connectivity index (χ3v) is 3.25. The molecule has 0 aliphatic rings. The number of halogens is 1. The lowest BCUT2D eigenvalue weighted by atomic mass is 10.2. The zero-order valence-corrected chi connectivity index (χ0v) is 14.2. The van der Waals surface area contributed by atoms with E-state index in [4.69, 9.17) is 19.3 Å². The minimum atomic E-state index is 0.0208. The van der Waals surface area contributed by atoms with Crippen molar-refractivity contribution in [3.63, 3.8) is 0 Å². The van der Waals surface area contributed by atoms with Crippen LogP contribution in [-0.2, 0) is 11.3 Å². The lowest BCUT2D eigenvalue weighted by Crippen LogP contribution is -2.13. The molecule has 0 bridgehead atoms. The largest absolute Gasteiger partial charge is 0.490 e. The Kier molecular flexibility index (Phi) is 9.41. The number of rotatable bonds is 11. The highest BCUT2D eigenvalue weighted by Crippen LogP contribution is 2.36. The highest BCUT2D eigenvalue weighted by atomic mass is 79.9. The summed E-state index contributed by atoms with van der Waals surface area (Å²) in [6.45, 7) is 7.48. The van der Waals surface area contributed by atoms with E-state index in [2.05, 4.69) is 28.2 Å². The first-order valence-corrected chi connectivity index (χ1v) is 7.99. The fraction of sp³-hybridized carbons (Fsp3) is 0.600. The molecule has 0 atom stereocenters. The molecular weight excluding hydrogens is 338 g/mol. The number of hydrogen-bond donors (Lipinski definition) is 2. The van der Waals surface area contributed by atoms with Gasteiger partial charge in [0, 0.05) is 6.54 Å². The Morgan fingerprint density at radius 1 is 1.14 bits per heavy atom. The molecule has 5 nitrogen and oxygen atoms in total. The van der Waals surface area contributed by atoms with E-state index in [1.165, 1.54) is 0 Å². The number of hydrogen-bond acceptors (Lipinski definition) is 5. The fourth-order valence-electron chi connectivity index (χ4n) is 1.77. The molecule has 120 valence electrons. The van der Waals surface area contributed by atoms with Crippen molar-refractivity contribution in [3.8, 4) is 11.5 Å². The van der Waals surface area contributed by atoms with Gasteiger partial charge < -0.3 is 24.6 Å². The molecule has 0 saturated heterocycles. The summed E-state index contributed by atoms with van der Waals surface area (Å²) in [7, 11) is 0. The van der Waals surface area contributed by atoms with Gasteiger partial charge in [0.05, 0.1) is 30.9 Å². The Bertz CT molecular complexity index is 415. The van der Waals surface area contributed by atoms with E-state index in [0.29, 0.717) is 32.2 Å². The van der Waals surface area contributed by atoms with E-state index < -0.39 is 0 Å². The van der Waals surface area contributed by atoms with Gasteiger partial charge in [0.15, 0.2) is 11.5 Å². The van der Waals surface area contributed by atoms with Crippen LogP contribution in [0.25, 0.3) is 0 Å². The Labute approximate surface area is 134 Å². The van der Waals surface area contributed by atoms with Crippen LogP contribution in [0.1, 0.15) is 19.4 Å². The lowest BCUT2D eigenvalue weighted by Gasteiger charge is -2.15. The van der Waals surface area contributed by atoms with Crippen molar-refractivity contribution in [3.05, 3.63) is 22.2 Å². The summed E-state index contributed by atoms with van der Waals surface area (Å²) in [5.74, 6) is 1.41. The van der Waals surface area contributed by atoms with Gasteiger partial charge in [0.25, 0.3) is 0 Å². The van der Waals surface area contributed by atoms with E-state index in [0.717, 1.165) is 28.9 Å². The molecule has 0 unspecified atom stereocenters. The molecule has 2 N–H and O–H groups in total. The second kappa shape index (κ2) is 10.8. The molecule has 0 spiro atoms. The maximum Gasteiger partial charge on any atom is 0.175 e. The van der Waals surface area contributed by atoms with Crippen LogP contribution in [0.5, 0.6) is 11.5 Å². The Morgan fingerprint density at radius 3 is 2.62 bits per heavy atom. The molecule has 0 radical (unpaired) electrons. The number of nitrogens with one attached hydrogen (secondary N) is 1. The van der Waals surface area contributed by atoms with E-state index in [-0.39, 0.29) is 6.61 Å². The van der Waals surface area contributed by atoms with Crippen molar-refractivity contribution in [1.29, 1.82) is 0 Å². The highest BCUT2D eigenvalue weighted by Gasteiger charge is 2.12. The molecule has 1 aromatic rings. The first kappa shape index (κ1) is 18.2. The Balaban J connectivity index is 2.71. The third kappa shape index (κ3) is 6.65. The fourth-order valence-corrected chi connectivity index (χ4v) is 2.37. The topological polar surface area (TPSA) is 60.0 Å². The number of aliphatic hydroxyl groups excluding tert-OH is 1. The molecule has 0 heterocycles. The highest BCUT2D eigenvalue weighted by molar-refractivity contribution is 9.10. The average molecular weight is 362 g/mol. The van der Waals surface area contributed by atoms with Crippen LogP contribution in [0.4, 0.5) is 0 Å². The number of aliphatic hydroxyl groups is 1. The van der Waals surface area contributed by atoms with Crippen LogP contribution in [0.2, 0.25) is 0 Å². The van der Waals surface area contributed by atoms with Gasteiger partial charge in [0.1, 0.15) is 6.61 Å². The average Bonchev–Trinajstić information content (AvgIpc) is 2.47. The lowest BCUT2D eigenvalue weighted by molar-refractivity contribution is 0.0695. The summed E-state index contributed by atoms with van der Waals surface area (Å²) < 4.78 is 17.4. The van der Waals surface area contributed by atoms with Crippen LogP contribution in [0.15, 0.2) is 16.6 Å². The van der Waals surface area contributed by atoms with Gasteiger partial charge in [-0.05, 0) is 47.1 Å². The molecule has 0 saturated carbocycles. The van der Waals surface area contributed by atoms with E-state index in [1.54, 1.807) is 0 Å². The zero-order chi connectivity index (χ0) is 15.5. The Hall–Kier alpha value is -0.820. The zero-order valence-electron chi connectivity index (χ0n) is 12.7. The molecule has 0 amide bonds. The standard InChI is InChI=1S/C15H24BrNO4/c1-3-17-11-12-9-13(16)15(14(10-12)20-4-2)21-8-7-19-6-5-18/h9-10,17-18H,3-8,11H2,1-2H3. The quantitative estimate of drug-likeness (QED) is 0.592. The molecule has 6 heteroatoms. The van der Waals surface area contributed by atoms with Gasteiger partial charge in [-0.25, -0.2) is 0 Å². The van der Waals surface area contributed by atoms with Gasteiger partial charge in [-0.15, -0.1) is 0 Å². The monoisotopic (exact) mass is 361 g/mol. The molecule has 1 aromatic carbocycles. The van der Waals surface area contributed by atoms with Crippen molar-refractivity contribution in [2.75, 3.05) is 39.6 Å². The molecule has 0 aliphatic heterocycles. The minimum absolute atomic E-state index is 0.0208. The minimum Gasteiger partial charge on any atom is -0.490 e. The third-order valence-electron chi connectivity index (χ3n) is 2.66. The summed E-state index contributed by atoms with van der Waals surface area (Å²) >= 11 is 3.53. The van der Waals surface area contributed by atoms with Crippen molar-refractivity contribution < 1.29 is 19.3 Å². The molecule has 0 fully saturated rings. The summed E-state index contributed by atoms with van der Waals surface area (Å²) in [5.41, 5.74) is 1.14. The van der Waals surface area contributed by atoms with Gasteiger partial charge >= 0.3 is 0 Å². The second-order valence-electron chi connectivity index (χ2n) is 4.30. The van der Waals surface area contributed by atoms with Crippen molar-refractivity contribution in [2.24, 2.45) is 0 Å². The maximum absolute atomic E-state index is 8.64. The summed E-state index contributed by atoms with van der Waals surface area (Å²) in [6.07, 6.45) is 0. The molecule has 21 heavy (non-hydrogen) atoms. The molecular formula is C15H24BrNO4. The second-order valence-corrected chi connectivity index (χ2v) is 5.16. The smallest absolute Gasteiger partial charge is 0.175 e. The SMILES string of the molecule is CCNCc1cc(Br)c(OCCOCCO)c(OCC)c1. The summed E-state index contributed by atoms with van der Waals surface area (Å²) in [4.78, 5) is 0. The van der Waals surface area contributed by atoms with Crippen LogP contribution in [0.3, 0.4) is 0 Å².